The van der Waals surface area contributed by atoms with Crippen LogP contribution >= 0.6 is 0 Å². The first-order valence-corrected chi connectivity index (χ1v) is 11.3. The Kier molecular flexibility index (Phi) is 6.76. The number of aryl methyl sites for hydroxylation is 1. The van der Waals surface area contributed by atoms with Crippen molar-refractivity contribution >= 4 is 17.6 Å². The molecule has 4 rings (SSSR count). The molecule has 5 nitrogen and oxygen atoms in total. The van der Waals surface area contributed by atoms with Gasteiger partial charge < -0.3 is 10.6 Å². The molecule has 1 aliphatic rings. The van der Waals surface area contributed by atoms with Gasteiger partial charge in [-0.1, -0.05) is 43.3 Å². The van der Waals surface area contributed by atoms with Crippen LogP contribution in [0.1, 0.15) is 53.5 Å². The van der Waals surface area contributed by atoms with Crippen molar-refractivity contribution in [1.82, 2.24) is 14.9 Å². The molecule has 1 amide bonds. The van der Waals surface area contributed by atoms with Gasteiger partial charge >= 0.3 is 0 Å². The van der Waals surface area contributed by atoms with Crippen LogP contribution in [0.25, 0.3) is 22.9 Å². The lowest BCUT2D eigenvalue weighted by Crippen LogP contribution is -2.43. The molecule has 0 spiro atoms. The van der Waals surface area contributed by atoms with Crippen molar-refractivity contribution in [3.05, 3.63) is 83.3 Å². The van der Waals surface area contributed by atoms with Gasteiger partial charge in [0.1, 0.15) is 5.69 Å². The summed E-state index contributed by atoms with van der Waals surface area (Å²) in [5, 5.41) is 0. The standard InChI is InChI=1S/C27H30N4O/c1-3-20(21-8-5-4-6-9-21)16-22-17-23(18-29-19(22)2)25-10-7-11-26(30-25)27(32)31-14-12-24(28)13-15-31/h4-11,16-18,24H,3,12-15,28H2,1-2H3/b20-16+. The number of nitrogens with two attached hydrogens (primary N) is 1. The molecule has 5 heteroatoms. The Labute approximate surface area is 190 Å². The maximum absolute atomic E-state index is 12.9. The molecule has 164 valence electrons. The van der Waals surface area contributed by atoms with E-state index in [4.69, 9.17) is 5.73 Å². The lowest BCUT2D eigenvalue weighted by molar-refractivity contribution is 0.0709. The molecule has 0 saturated carbocycles. The fourth-order valence-electron chi connectivity index (χ4n) is 4.04. The van der Waals surface area contributed by atoms with Gasteiger partial charge in [-0.2, -0.15) is 0 Å². The summed E-state index contributed by atoms with van der Waals surface area (Å²) in [4.78, 5) is 24.1. The molecule has 32 heavy (non-hydrogen) atoms. The highest BCUT2D eigenvalue weighted by atomic mass is 16.2. The first-order valence-electron chi connectivity index (χ1n) is 11.3. The average Bonchev–Trinajstić information content (AvgIpc) is 2.84. The number of rotatable bonds is 5. The Morgan fingerprint density at radius 1 is 1.12 bits per heavy atom. The zero-order chi connectivity index (χ0) is 22.5. The van der Waals surface area contributed by atoms with Crippen LogP contribution in [0.3, 0.4) is 0 Å². The topological polar surface area (TPSA) is 72.1 Å². The smallest absolute Gasteiger partial charge is 0.272 e. The molecule has 3 heterocycles. The maximum atomic E-state index is 12.9. The van der Waals surface area contributed by atoms with Gasteiger partial charge in [-0.25, -0.2) is 4.98 Å². The predicted molar refractivity (Wildman–Crippen MR) is 130 cm³/mol. The molecule has 1 saturated heterocycles. The lowest BCUT2D eigenvalue weighted by atomic mass is 9.99. The summed E-state index contributed by atoms with van der Waals surface area (Å²) >= 11 is 0. The summed E-state index contributed by atoms with van der Waals surface area (Å²) in [5.74, 6) is -0.0312. The van der Waals surface area contributed by atoms with Gasteiger partial charge in [0.2, 0.25) is 0 Å². The van der Waals surface area contributed by atoms with E-state index in [0.29, 0.717) is 18.8 Å². The van der Waals surface area contributed by atoms with Gasteiger partial charge in [-0.05, 0) is 67.2 Å². The highest BCUT2D eigenvalue weighted by Gasteiger charge is 2.22. The number of aromatic nitrogens is 2. The number of hydrogen-bond acceptors (Lipinski definition) is 4. The molecule has 2 aromatic heterocycles. The third-order valence-corrected chi connectivity index (χ3v) is 6.07. The third-order valence-electron chi connectivity index (χ3n) is 6.07. The van der Waals surface area contributed by atoms with Crippen molar-refractivity contribution in [1.29, 1.82) is 0 Å². The van der Waals surface area contributed by atoms with Gasteiger partial charge in [0.05, 0.1) is 5.69 Å². The molecule has 0 atom stereocenters. The van der Waals surface area contributed by atoms with E-state index >= 15 is 0 Å². The molecule has 1 aliphatic heterocycles. The SMILES string of the molecule is CC/C(=C\c1cc(-c2cccc(C(=O)N3CCC(N)CC3)n2)cnc1C)c1ccccc1. The van der Waals surface area contributed by atoms with Crippen molar-refractivity contribution in [2.45, 2.75) is 39.2 Å². The number of benzene rings is 1. The molecular formula is C27H30N4O. The molecule has 1 aromatic carbocycles. The van der Waals surface area contributed by atoms with E-state index in [2.05, 4.69) is 53.3 Å². The van der Waals surface area contributed by atoms with Crippen LogP contribution in [0.2, 0.25) is 0 Å². The van der Waals surface area contributed by atoms with Gasteiger partial charge in [-0.3, -0.25) is 9.78 Å². The quantitative estimate of drug-likeness (QED) is 0.625. The van der Waals surface area contributed by atoms with E-state index in [9.17, 15) is 4.79 Å². The number of allylic oxidation sites excluding steroid dienone is 1. The van der Waals surface area contributed by atoms with Gasteiger partial charge in [-0.15, -0.1) is 0 Å². The monoisotopic (exact) mass is 426 g/mol. The zero-order valence-electron chi connectivity index (χ0n) is 18.8. The second kappa shape index (κ2) is 9.88. The van der Waals surface area contributed by atoms with E-state index in [1.54, 1.807) is 6.07 Å². The lowest BCUT2D eigenvalue weighted by Gasteiger charge is -2.29. The zero-order valence-corrected chi connectivity index (χ0v) is 18.8. The van der Waals surface area contributed by atoms with Crippen LogP contribution in [-0.2, 0) is 0 Å². The number of carbonyl (C=O) groups is 1. The fourth-order valence-corrected chi connectivity index (χ4v) is 4.04. The number of piperidine rings is 1. The number of pyridine rings is 2. The molecule has 3 aromatic rings. The van der Waals surface area contributed by atoms with Crippen molar-refractivity contribution in [3.63, 3.8) is 0 Å². The van der Waals surface area contributed by atoms with Crippen LogP contribution in [0.15, 0.2) is 60.8 Å². The fraction of sp³-hybridized carbons (Fsp3) is 0.296. The summed E-state index contributed by atoms with van der Waals surface area (Å²) in [6.07, 6.45) is 6.63. The Morgan fingerprint density at radius 2 is 1.88 bits per heavy atom. The molecular weight excluding hydrogens is 396 g/mol. The third kappa shape index (κ3) is 4.94. The molecule has 0 unspecified atom stereocenters. The van der Waals surface area contributed by atoms with E-state index in [1.807, 2.05) is 36.2 Å². The summed E-state index contributed by atoms with van der Waals surface area (Å²) in [6.45, 7) is 5.55. The Bertz CT molecular complexity index is 1120. The Balaban J connectivity index is 1.63. The number of nitrogens with zero attached hydrogens (tertiary/aromatic N) is 3. The highest BCUT2D eigenvalue weighted by molar-refractivity contribution is 5.93. The summed E-state index contributed by atoms with van der Waals surface area (Å²) < 4.78 is 0. The minimum Gasteiger partial charge on any atom is -0.337 e. The summed E-state index contributed by atoms with van der Waals surface area (Å²) in [6, 6.07) is 18.3. The summed E-state index contributed by atoms with van der Waals surface area (Å²) in [5.41, 5.74) is 12.6. The highest BCUT2D eigenvalue weighted by Crippen LogP contribution is 2.26. The Hall–Kier alpha value is -3.31. The largest absolute Gasteiger partial charge is 0.337 e. The van der Waals surface area contributed by atoms with E-state index < -0.39 is 0 Å². The van der Waals surface area contributed by atoms with Crippen LogP contribution < -0.4 is 5.73 Å². The number of hydrogen-bond donors (Lipinski definition) is 1. The average molecular weight is 427 g/mol. The van der Waals surface area contributed by atoms with Crippen LogP contribution in [-0.4, -0.2) is 39.9 Å². The maximum Gasteiger partial charge on any atom is 0.272 e. The first-order chi connectivity index (χ1) is 15.5. The number of likely N-dealkylation sites (tertiary alicyclic amines) is 1. The van der Waals surface area contributed by atoms with E-state index in [-0.39, 0.29) is 11.9 Å². The van der Waals surface area contributed by atoms with Crippen LogP contribution in [0.4, 0.5) is 0 Å². The molecule has 1 fully saturated rings. The van der Waals surface area contributed by atoms with Crippen LogP contribution in [0, 0.1) is 6.92 Å². The number of carbonyl (C=O) groups excluding carboxylic acids is 1. The molecule has 0 aliphatic carbocycles. The molecule has 2 N–H and O–H groups in total. The van der Waals surface area contributed by atoms with Crippen LogP contribution in [0.5, 0.6) is 0 Å². The minimum absolute atomic E-state index is 0.0312. The van der Waals surface area contributed by atoms with Crippen molar-refractivity contribution in [3.8, 4) is 11.3 Å². The first kappa shape index (κ1) is 21.9. The minimum atomic E-state index is -0.0312. The molecule has 0 bridgehead atoms. The van der Waals surface area contributed by atoms with Crippen molar-refractivity contribution in [2.75, 3.05) is 13.1 Å². The summed E-state index contributed by atoms with van der Waals surface area (Å²) in [7, 11) is 0. The van der Waals surface area contributed by atoms with Gasteiger partial charge in [0.15, 0.2) is 0 Å². The van der Waals surface area contributed by atoms with Crippen molar-refractivity contribution in [2.24, 2.45) is 5.73 Å². The van der Waals surface area contributed by atoms with Gasteiger partial charge in [0.25, 0.3) is 5.91 Å². The number of amides is 1. The molecule has 0 radical (unpaired) electrons. The second-order valence-electron chi connectivity index (χ2n) is 8.33. The van der Waals surface area contributed by atoms with Gasteiger partial charge in [0, 0.05) is 36.6 Å². The Morgan fingerprint density at radius 3 is 2.59 bits per heavy atom. The second-order valence-corrected chi connectivity index (χ2v) is 8.33. The van der Waals surface area contributed by atoms with E-state index in [1.165, 1.54) is 11.1 Å². The normalized spacial score (nSPS) is 15.1. The predicted octanol–water partition coefficient (Wildman–Crippen LogP) is 4.97. The van der Waals surface area contributed by atoms with Crippen molar-refractivity contribution < 1.29 is 4.79 Å². The van der Waals surface area contributed by atoms with E-state index in [0.717, 1.165) is 41.8 Å².